The summed E-state index contributed by atoms with van der Waals surface area (Å²) in [6.45, 7) is 3.50. The molecule has 1 heterocycles. The molecule has 4 nitrogen and oxygen atoms in total. The van der Waals surface area contributed by atoms with Crippen molar-refractivity contribution in [1.82, 2.24) is 4.98 Å². The minimum absolute atomic E-state index is 0.347. The molecule has 0 aromatic carbocycles. The zero-order valence-corrected chi connectivity index (χ0v) is 9.59. The lowest BCUT2D eigenvalue weighted by Crippen LogP contribution is -2.45. The molecule has 0 saturated heterocycles. The van der Waals surface area contributed by atoms with Crippen molar-refractivity contribution in [2.24, 2.45) is 0 Å². The Bertz CT molecular complexity index is 325. The molecule has 16 heavy (non-hydrogen) atoms. The van der Waals surface area contributed by atoms with Crippen LogP contribution in [0.2, 0.25) is 0 Å². The molecule has 0 radical (unpaired) electrons. The molecule has 0 unspecified atom stereocenters. The molecule has 0 bridgehead atoms. The van der Waals surface area contributed by atoms with Crippen molar-refractivity contribution in [3.63, 3.8) is 0 Å². The molecule has 0 atom stereocenters. The summed E-state index contributed by atoms with van der Waals surface area (Å²) in [6.07, 6.45) is 5.55. The maximum Gasteiger partial charge on any atom is 0.168 e. The predicted molar refractivity (Wildman–Crippen MR) is 59.6 cm³/mol. The van der Waals surface area contributed by atoms with Crippen molar-refractivity contribution < 1.29 is 9.47 Å². The highest BCUT2D eigenvalue weighted by Gasteiger charge is 2.45. The van der Waals surface area contributed by atoms with E-state index >= 15 is 0 Å². The number of methoxy groups -OCH3 is 2. The van der Waals surface area contributed by atoms with Gasteiger partial charge in [0.2, 0.25) is 0 Å². The van der Waals surface area contributed by atoms with Crippen LogP contribution in [0, 0.1) is 11.8 Å². The van der Waals surface area contributed by atoms with Crippen LogP contribution < -0.4 is 0 Å². The third-order valence-corrected chi connectivity index (χ3v) is 3.01. The Morgan fingerprint density at radius 1 is 1.38 bits per heavy atom. The Kier molecular flexibility index (Phi) is 4.41. The number of hydrogen-bond donors (Lipinski definition) is 0. The quantitative estimate of drug-likeness (QED) is 0.732. The number of rotatable bonds is 3. The van der Waals surface area contributed by atoms with Gasteiger partial charge in [-0.2, -0.15) is 0 Å². The fraction of sp³-hybridized carbons (Fsp3) is 0.500. The normalized spacial score (nSPS) is 18.0. The lowest BCUT2D eigenvalue weighted by molar-refractivity contribution is -0.257. The Hall–Kier alpha value is -1.44. The number of hydrogen-bond acceptors (Lipinski definition) is 4. The summed E-state index contributed by atoms with van der Waals surface area (Å²) < 4.78 is 10.7. The van der Waals surface area contributed by atoms with E-state index in [0.717, 1.165) is 12.8 Å². The van der Waals surface area contributed by atoms with E-state index in [0.29, 0.717) is 5.92 Å². The topological polar surface area (TPSA) is 55.1 Å². The third kappa shape index (κ3) is 2.38. The fourth-order valence-corrected chi connectivity index (χ4v) is 1.96. The zero-order chi connectivity index (χ0) is 12.0. The SMILES string of the molecule is C#N.COC1(OC)CC(c2cccnc2)C1. The first-order valence-corrected chi connectivity index (χ1v) is 5.06. The van der Waals surface area contributed by atoms with Gasteiger partial charge in [-0.05, 0) is 17.5 Å². The lowest BCUT2D eigenvalue weighted by atomic mass is 9.75. The summed E-state index contributed by atoms with van der Waals surface area (Å²) in [5.41, 5.74) is 1.28. The van der Waals surface area contributed by atoms with E-state index < -0.39 is 0 Å². The maximum atomic E-state index is 6.50. The van der Waals surface area contributed by atoms with Gasteiger partial charge in [0.25, 0.3) is 0 Å². The molecular formula is C12H16N2O2. The van der Waals surface area contributed by atoms with Gasteiger partial charge in [0.05, 0.1) is 0 Å². The molecule has 1 saturated carbocycles. The van der Waals surface area contributed by atoms with Gasteiger partial charge in [0, 0.05) is 46.0 Å². The van der Waals surface area contributed by atoms with Crippen LogP contribution in [0.25, 0.3) is 0 Å². The van der Waals surface area contributed by atoms with Crippen LogP contribution in [0.4, 0.5) is 0 Å². The van der Waals surface area contributed by atoms with Gasteiger partial charge >= 0.3 is 0 Å². The van der Waals surface area contributed by atoms with Crippen molar-refractivity contribution >= 4 is 0 Å². The number of pyridine rings is 1. The average molecular weight is 220 g/mol. The van der Waals surface area contributed by atoms with Crippen LogP contribution in [0.5, 0.6) is 0 Å². The molecule has 1 aromatic rings. The number of aromatic nitrogens is 1. The molecule has 1 aliphatic rings. The number of nitriles is 1. The van der Waals surface area contributed by atoms with Crippen LogP contribution >= 0.6 is 0 Å². The summed E-state index contributed by atoms with van der Waals surface area (Å²) in [7, 11) is 3.39. The second-order valence-electron chi connectivity index (χ2n) is 3.71. The van der Waals surface area contributed by atoms with Crippen LogP contribution in [-0.4, -0.2) is 25.0 Å². The predicted octanol–water partition coefficient (Wildman–Crippen LogP) is 2.09. The van der Waals surface area contributed by atoms with Gasteiger partial charge in [-0.25, -0.2) is 5.26 Å². The lowest BCUT2D eigenvalue weighted by Gasteiger charge is -2.45. The minimum Gasteiger partial charge on any atom is -0.353 e. The Balaban J connectivity index is 0.000000606. The summed E-state index contributed by atoms with van der Waals surface area (Å²) in [6, 6.07) is 4.07. The summed E-state index contributed by atoms with van der Waals surface area (Å²) in [5, 5.41) is 6.50. The molecule has 86 valence electrons. The molecule has 1 aromatic heterocycles. The first kappa shape index (κ1) is 12.6. The van der Waals surface area contributed by atoms with E-state index in [-0.39, 0.29) is 5.79 Å². The zero-order valence-electron chi connectivity index (χ0n) is 9.59. The van der Waals surface area contributed by atoms with E-state index in [4.69, 9.17) is 14.7 Å². The summed E-state index contributed by atoms with van der Waals surface area (Å²) in [4.78, 5) is 4.11. The number of ether oxygens (including phenoxy) is 2. The van der Waals surface area contributed by atoms with E-state index in [2.05, 4.69) is 17.6 Å². The van der Waals surface area contributed by atoms with Crippen molar-refractivity contribution in [3.8, 4) is 6.57 Å². The van der Waals surface area contributed by atoms with E-state index in [9.17, 15) is 0 Å². The highest BCUT2D eigenvalue weighted by Crippen LogP contribution is 2.46. The van der Waals surface area contributed by atoms with Gasteiger partial charge in [-0.1, -0.05) is 6.07 Å². The van der Waals surface area contributed by atoms with Gasteiger partial charge in [0.1, 0.15) is 0 Å². The van der Waals surface area contributed by atoms with Gasteiger partial charge in [-0.3, -0.25) is 4.98 Å². The van der Waals surface area contributed by atoms with Crippen molar-refractivity contribution in [2.75, 3.05) is 14.2 Å². The van der Waals surface area contributed by atoms with E-state index in [1.54, 1.807) is 20.4 Å². The fourth-order valence-electron chi connectivity index (χ4n) is 1.96. The molecule has 0 N–H and O–H groups in total. The highest BCUT2D eigenvalue weighted by molar-refractivity contribution is 5.19. The first-order chi connectivity index (χ1) is 7.79. The minimum atomic E-state index is -0.347. The second-order valence-corrected chi connectivity index (χ2v) is 3.71. The van der Waals surface area contributed by atoms with Crippen molar-refractivity contribution in [2.45, 2.75) is 24.5 Å². The smallest absolute Gasteiger partial charge is 0.168 e. The molecule has 0 aliphatic heterocycles. The molecule has 1 fully saturated rings. The van der Waals surface area contributed by atoms with E-state index in [1.807, 2.05) is 12.3 Å². The van der Waals surface area contributed by atoms with Crippen molar-refractivity contribution in [3.05, 3.63) is 30.1 Å². The molecule has 1 aliphatic carbocycles. The number of nitrogens with zero attached hydrogens (tertiary/aromatic N) is 2. The molecule has 4 heteroatoms. The first-order valence-electron chi connectivity index (χ1n) is 5.06. The van der Waals surface area contributed by atoms with Crippen LogP contribution in [-0.2, 0) is 9.47 Å². The van der Waals surface area contributed by atoms with Crippen LogP contribution in [0.1, 0.15) is 24.3 Å². The highest BCUT2D eigenvalue weighted by atomic mass is 16.7. The van der Waals surface area contributed by atoms with E-state index in [1.165, 1.54) is 5.56 Å². The van der Waals surface area contributed by atoms with Crippen LogP contribution in [0.15, 0.2) is 24.5 Å². The molecule has 0 spiro atoms. The molecular weight excluding hydrogens is 204 g/mol. The van der Waals surface area contributed by atoms with Gasteiger partial charge < -0.3 is 9.47 Å². The Morgan fingerprint density at radius 2 is 2.00 bits per heavy atom. The summed E-state index contributed by atoms with van der Waals surface area (Å²) in [5.74, 6) is 0.184. The second kappa shape index (κ2) is 5.59. The largest absolute Gasteiger partial charge is 0.353 e. The maximum absolute atomic E-state index is 6.50. The average Bonchev–Trinajstić information content (AvgIpc) is 2.33. The Labute approximate surface area is 95.8 Å². The molecule has 2 rings (SSSR count). The Morgan fingerprint density at radius 3 is 2.44 bits per heavy atom. The third-order valence-electron chi connectivity index (χ3n) is 3.01. The molecule has 0 amide bonds. The van der Waals surface area contributed by atoms with Gasteiger partial charge in [0.15, 0.2) is 5.79 Å². The van der Waals surface area contributed by atoms with Gasteiger partial charge in [-0.15, -0.1) is 0 Å². The monoisotopic (exact) mass is 220 g/mol. The van der Waals surface area contributed by atoms with Crippen molar-refractivity contribution in [1.29, 1.82) is 5.26 Å². The van der Waals surface area contributed by atoms with Crippen LogP contribution in [0.3, 0.4) is 0 Å². The summed E-state index contributed by atoms with van der Waals surface area (Å²) >= 11 is 0. The standard InChI is InChI=1S/C11H15NO2.CHN/c1-13-11(14-2)6-10(7-11)9-4-3-5-12-8-9;1-2/h3-5,8,10H,6-7H2,1-2H3;1H.